The predicted molar refractivity (Wildman–Crippen MR) is 106 cm³/mol. The number of nitrogens with zero attached hydrogens (tertiary/aromatic N) is 2. The van der Waals surface area contributed by atoms with Crippen LogP contribution in [0.25, 0.3) is 0 Å². The van der Waals surface area contributed by atoms with Crippen LogP contribution < -0.4 is 5.32 Å². The first kappa shape index (κ1) is 24.6. The summed E-state index contributed by atoms with van der Waals surface area (Å²) in [6.07, 6.45) is -4.71. The van der Waals surface area contributed by atoms with Crippen molar-refractivity contribution in [2.75, 3.05) is 25.5 Å². The normalized spacial score (nSPS) is 10.9. The fourth-order valence-corrected chi connectivity index (χ4v) is 2.62. The van der Waals surface area contributed by atoms with Gasteiger partial charge in [0.1, 0.15) is 0 Å². The number of halogens is 4. The second kappa shape index (κ2) is 10.1. The first-order chi connectivity index (χ1) is 14.9. The lowest BCUT2D eigenvalue weighted by Crippen LogP contribution is -2.37. The minimum absolute atomic E-state index is 0.143. The number of nitro groups is 1. The molecule has 0 fully saturated rings. The Morgan fingerprint density at radius 1 is 1.19 bits per heavy atom. The lowest BCUT2D eigenvalue weighted by Gasteiger charge is -2.17. The summed E-state index contributed by atoms with van der Waals surface area (Å²) in [6, 6.07) is 7.48. The molecule has 2 rings (SSSR count). The van der Waals surface area contributed by atoms with Crippen molar-refractivity contribution in [3.63, 3.8) is 0 Å². The van der Waals surface area contributed by atoms with E-state index in [0.29, 0.717) is 6.07 Å². The van der Waals surface area contributed by atoms with Crippen LogP contribution in [-0.4, -0.2) is 47.8 Å². The molecule has 0 aromatic heterocycles. The summed E-state index contributed by atoms with van der Waals surface area (Å²) in [5.41, 5.74) is -1.79. The number of nitro benzene ring substituents is 1. The van der Waals surface area contributed by atoms with Gasteiger partial charge in [0.15, 0.2) is 6.61 Å². The van der Waals surface area contributed by atoms with E-state index in [4.69, 9.17) is 16.3 Å². The van der Waals surface area contributed by atoms with Gasteiger partial charge in [0, 0.05) is 24.9 Å². The molecule has 1 N–H and O–H groups in total. The Kier molecular flexibility index (Phi) is 7.76. The first-order valence-electron chi connectivity index (χ1n) is 8.70. The fourth-order valence-electron chi connectivity index (χ4n) is 2.39. The van der Waals surface area contributed by atoms with Gasteiger partial charge < -0.3 is 15.0 Å². The molecule has 0 aliphatic carbocycles. The molecule has 9 nitrogen and oxygen atoms in total. The first-order valence-corrected chi connectivity index (χ1v) is 9.08. The minimum atomic E-state index is -4.71. The molecule has 0 aliphatic heterocycles. The number of hydrogen-bond acceptors (Lipinski definition) is 6. The predicted octanol–water partition coefficient (Wildman–Crippen LogP) is 3.52. The van der Waals surface area contributed by atoms with E-state index in [2.05, 4.69) is 5.32 Å². The number of likely N-dealkylation sites (N-methyl/N-ethyl adjacent to an activating group) is 1. The molecule has 32 heavy (non-hydrogen) atoms. The van der Waals surface area contributed by atoms with Crippen LogP contribution in [0.3, 0.4) is 0 Å². The molecular weight excluding hydrogens is 459 g/mol. The maximum absolute atomic E-state index is 12.9. The summed E-state index contributed by atoms with van der Waals surface area (Å²) < 4.78 is 43.5. The molecule has 0 saturated carbocycles. The summed E-state index contributed by atoms with van der Waals surface area (Å²) in [4.78, 5) is 47.0. The van der Waals surface area contributed by atoms with Gasteiger partial charge in [0.05, 0.1) is 27.6 Å². The smallest absolute Gasteiger partial charge is 0.417 e. The van der Waals surface area contributed by atoms with Crippen molar-refractivity contribution in [3.8, 4) is 0 Å². The van der Waals surface area contributed by atoms with E-state index in [1.54, 1.807) is 0 Å². The number of benzene rings is 2. The van der Waals surface area contributed by atoms with Crippen molar-refractivity contribution in [2.24, 2.45) is 0 Å². The average Bonchev–Trinajstić information content (AvgIpc) is 2.72. The lowest BCUT2D eigenvalue weighted by atomic mass is 10.2. The van der Waals surface area contributed by atoms with Crippen LogP contribution in [0.2, 0.25) is 5.02 Å². The summed E-state index contributed by atoms with van der Waals surface area (Å²) in [7, 11) is 1.21. The molecule has 0 bridgehead atoms. The van der Waals surface area contributed by atoms with Crippen LogP contribution in [0.4, 0.5) is 24.5 Å². The second-order valence-corrected chi connectivity index (χ2v) is 6.78. The topological polar surface area (TPSA) is 119 Å². The molecule has 2 aromatic rings. The number of nitrogens with one attached hydrogen (secondary N) is 1. The SMILES string of the molecule is CN(CC(=O)Nc1ccc(Cl)c(C(F)(F)F)c1)C(=O)COC(=O)c1cccc([N+](=O)[O-])c1. The van der Waals surface area contributed by atoms with E-state index in [0.717, 1.165) is 23.1 Å². The van der Waals surface area contributed by atoms with Gasteiger partial charge in [-0.3, -0.25) is 19.7 Å². The van der Waals surface area contributed by atoms with Gasteiger partial charge in [-0.1, -0.05) is 17.7 Å². The van der Waals surface area contributed by atoms with Gasteiger partial charge in [-0.15, -0.1) is 0 Å². The summed E-state index contributed by atoms with van der Waals surface area (Å²) in [6.45, 7) is -1.30. The Hall–Kier alpha value is -3.67. The van der Waals surface area contributed by atoms with Crippen LogP contribution in [0.1, 0.15) is 15.9 Å². The maximum atomic E-state index is 12.9. The largest absolute Gasteiger partial charge is 0.452 e. The molecule has 2 amide bonds. The fraction of sp³-hybridized carbons (Fsp3) is 0.211. The van der Waals surface area contributed by atoms with Gasteiger partial charge in [-0.25, -0.2) is 4.79 Å². The zero-order valence-electron chi connectivity index (χ0n) is 16.3. The van der Waals surface area contributed by atoms with Gasteiger partial charge in [0.2, 0.25) is 5.91 Å². The van der Waals surface area contributed by atoms with E-state index >= 15 is 0 Å². The second-order valence-electron chi connectivity index (χ2n) is 6.37. The number of carbonyl (C=O) groups is 3. The zero-order valence-corrected chi connectivity index (χ0v) is 17.1. The number of esters is 1. The number of anilines is 1. The van der Waals surface area contributed by atoms with E-state index < -0.39 is 52.6 Å². The molecule has 0 unspecified atom stereocenters. The highest BCUT2D eigenvalue weighted by atomic mass is 35.5. The number of alkyl halides is 3. The average molecular weight is 474 g/mol. The number of ether oxygens (including phenoxy) is 1. The van der Waals surface area contributed by atoms with Crippen molar-refractivity contribution in [2.45, 2.75) is 6.18 Å². The lowest BCUT2D eigenvalue weighted by molar-refractivity contribution is -0.384. The molecule has 170 valence electrons. The van der Waals surface area contributed by atoms with Crippen molar-refractivity contribution in [1.82, 2.24) is 4.90 Å². The van der Waals surface area contributed by atoms with Gasteiger partial charge in [-0.2, -0.15) is 13.2 Å². The Morgan fingerprint density at radius 3 is 2.50 bits per heavy atom. The number of rotatable bonds is 7. The Balaban J connectivity index is 1.91. The molecule has 0 radical (unpaired) electrons. The maximum Gasteiger partial charge on any atom is 0.417 e. The monoisotopic (exact) mass is 473 g/mol. The minimum Gasteiger partial charge on any atom is -0.452 e. The number of carbonyl (C=O) groups excluding carboxylic acids is 3. The van der Waals surface area contributed by atoms with E-state index in [1.807, 2.05) is 0 Å². The molecule has 0 aliphatic rings. The molecule has 0 atom stereocenters. The summed E-state index contributed by atoms with van der Waals surface area (Å²) in [5.74, 6) is -2.58. The van der Waals surface area contributed by atoms with Crippen LogP contribution >= 0.6 is 11.6 Å². The van der Waals surface area contributed by atoms with Gasteiger partial charge >= 0.3 is 12.1 Å². The Bertz CT molecular complexity index is 1060. The van der Waals surface area contributed by atoms with Gasteiger partial charge in [-0.05, 0) is 24.3 Å². The molecule has 13 heteroatoms. The van der Waals surface area contributed by atoms with Crippen molar-refractivity contribution in [1.29, 1.82) is 0 Å². The summed E-state index contributed by atoms with van der Waals surface area (Å²) in [5, 5.41) is 12.4. The molecular formula is C19H15ClF3N3O6. The van der Waals surface area contributed by atoms with E-state index in [9.17, 15) is 37.7 Å². The number of hydrogen-bond donors (Lipinski definition) is 1. The highest BCUT2D eigenvalue weighted by Crippen LogP contribution is 2.36. The van der Waals surface area contributed by atoms with Gasteiger partial charge in [0.25, 0.3) is 11.6 Å². The number of non-ortho nitro benzene ring substituents is 1. The Labute approximate surface area is 183 Å². The van der Waals surface area contributed by atoms with Crippen molar-refractivity contribution >= 4 is 40.8 Å². The quantitative estimate of drug-likeness (QED) is 0.373. The third kappa shape index (κ3) is 6.67. The van der Waals surface area contributed by atoms with Crippen LogP contribution in [-0.2, 0) is 20.5 Å². The van der Waals surface area contributed by atoms with E-state index in [1.165, 1.54) is 25.2 Å². The standard InChI is InChI=1S/C19H15ClF3N3O6/c1-25(9-16(27)24-12-5-6-15(20)14(8-12)19(21,22)23)17(28)10-32-18(29)11-3-2-4-13(7-11)26(30)31/h2-8H,9-10H2,1H3,(H,24,27). The highest BCUT2D eigenvalue weighted by Gasteiger charge is 2.33. The molecule has 0 saturated heterocycles. The third-order valence-corrected chi connectivity index (χ3v) is 4.31. The van der Waals surface area contributed by atoms with Crippen LogP contribution in [0.15, 0.2) is 42.5 Å². The van der Waals surface area contributed by atoms with Crippen molar-refractivity contribution < 1.29 is 37.2 Å². The van der Waals surface area contributed by atoms with Crippen molar-refractivity contribution in [3.05, 3.63) is 68.7 Å². The van der Waals surface area contributed by atoms with Crippen LogP contribution in [0.5, 0.6) is 0 Å². The zero-order chi connectivity index (χ0) is 24.1. The number of amides is 2. The highest BCUT2D eigenvalue weighted by molar-refractivity contribution is 6.31. The Morgan fingerprint density at radius 2 is 1.88 bits per heavy atom. The molecule has 0 heterocycles. The van der Waals surface area contributed by atoms with E-state index in [-0.39, 0.29) is 16.9 Å². The molecule has 0 spiro atoms. The molecule has 2 aromatic carbocycles. The van der Waals surface area contributed by atoms with Crippen LogP contribution in [0, 0.1) is 10.1 Å². The summed E-state index contributed by atoms with van der Waals surface area (Å²) >= 11 is 5.51. The third-order valence-electron chi connectivity index (χ3n) is 3.98.